The zero-order valence-corrected chi connectivity index (χ0v) is 12.9. The van der Waals surface area contributed by atoms with Crippen molar-refractivity contribution in [3.63, 3.8) is 0 Å². The number of nitrogens with one attached hydrogen (secondary N) is 1. The monoisotopic (exact) mass is 318 g/mol. The Hall–Kier alpha value is -1.20. The minimum absolute atomic E-state index is 0. The molecule has 0 saturated carbocycles. The molecule has 1 amide bonds. The lowest BCUT2D eigenvalue weighted by Gasteiger charge is -2.28. The summed E-state index contributed by atoms with van der Waals surface area (Å²) in [5, 5.41) is 3.23. The molecule has 118 valence electrons. The van der Waals surface area contributed by atoms with Crippen molar-refractivity contribution < 1.29 is 13.6 Å². The van der Waals surface area contributed by atoms with Crippen molar-refractivity contribution in [2.75, 3.05) is 19.6 Å². The summed E-state index contributed by atoms with van der Waals surface area (Å²) in [6.45, 7) is 4.38. The van der Waals surface area contributed by atoms with Crippen molar-refractivity contribution >= 4 is 18.3 Å². The summed E-state index contributed by atoms with van der Waals surface area (Å²) in [5.74, 6) is -1.37. The average Bonchev–Trinajstić information content (AvgIpc) is 2.92. The Morgan fingerprint density at radius 1 is 1.43 bits per heavy atom. The van der Waals surface area contributed by atoms with Gasteiger partial charge < -0.3 is 10.2 Å². The summed E-state index contributed by atoms with van der Waals surface area (Å²) < 4.78 is 26.5. The highest BCUT2D eigenvalue weighted by Gasteiger charge is 2.26. The van der Waals surface area contributed by atoms with Gasteiger partial charge in [0.1, 0.15) is 11.6 Å². The fourth-order valence-corrected chi connectivity index (χ4v) is 2.59. The molecule has 1 aromatic carbocycles. The molecule has 1 aliphatic heterocycles. The van der Waals surface area contributed by atoms with Crippen LogP contribution in [0.3, 0.4) is 0 Å². The second-order valence-electron chi connectivity index (χ2n) is 5.15. The molecule has 1 heterocycles. The molecule has 0 radical (unpaired) electrons. The van der Waals surface area contributed by atoms with Gasteiger partial charge >= 0.3 is 0 Å². The Kier molecular flexibility index (Phi) is 7.05. The zero-order valence-electron chi connectivity index (χ0n) is 12.1. The Bertz CT molecular complexity index is 479. The minimum Gasteiger partial charge on any atom is -0.338 e. The third-order valence-corrected chi connectivity index (χ3v) is 3.62. The number of benzene rings is 1. The third kappa shape index (κ3) is 4.64. The first-order valence-electron chi connectivity index (χ1n) is 7.06. The van der Waals surface area contributed by atoms with Crippen molar-refractivity contribution in [3.8, 4) is 0 Å². The van der Waals surface area contributed by atoms with E-state index in [1.165, 1.54) is 12.1 Å². The minimum atomic E-state index is -0.653. The lowest BCUT2D eigenvalue weighted by molar-refractivity contribution is -0.132. The van der Waals surface area contributed by atoms with E-state index in [9.17, 15) is 13.6 Å². The van der Waals surface area contributed by atoms with E-state index in [0.717, 1.165) is 32.0 Å². The number of carbonyl (C=O) groups excluding carboxylic acids is 1. The average molecular weight is 319 g/mol. The Morgan fingerprint density at radius 3 is 2.76 bits per heavy atom. The number of halogens is 3. The molecule has 6 heteroatoms. The van der Waals surface area contributed by atoms with E-state index in [1.807, 2.05) is 11.8 Å². The molecule has 1 saturated heterocycles. The van der Waals surface area contributed by atoms with Gasteiger partial charge in [0, 0.05) is 25.2 Å². The summed E-state index contributed by atoms with van der Waals surface area (Å²) in [6.07, 6.45) is 1.79. The standard InChI is InChI=1S/C15H20F2N2O.ClH/c1-2-7-19(13-5-6-18-10-13)15(20)8-11-3-4-12(16)9-14(11)17;/h3-4,9,13,18H,2,5-8,10H2,1H3;1H. The van der Waals surface area contributed by atoms with E-state index < -0.39 is 11.6 Å². The summed E-state index contributed by atoms with van der Waals surface area (Å²) in [4.78, 5) is 14.2. The van der Waals surface area contributed by atoms with Gasteiger partial charge in [-0.2, -0.15) is 0 Å². The second-order valence-corrected chi connectivity index (χ2v) is 5.15. The van der Waals surface area contributed by atoms with E-state index in [-0.39, 0.29) is 36.3 Å². The van der Waals surface area contributed by atoms with E-state index in [1.54, 1.807) is 0 Å². The van der Waals surface area contributed by atoms with Crippen LogP contribution in [-0.2, 0) is 11.2 Å². The lowest BCUT2D eigenvalue weighted by atomic mass is 10.1. The molecule has 3 nitrogen and oxygen atoms in total. The van der Waals surface area contributed by atoms with E-state index >= 15 is 0 Å². The first-order chi connectivity index (χ1) is 9.61. The molecule has 1 N–H and O–H groups in total. The predicted octanol–water partition coefficient (Wildman–Crippen LogP) is 2.53. The first-order valence-corrected chi connectivity index (χ1v) is 7.06. The van der Waals surface area contributed by atoms with Gasteiger partial charge in [0.2, 0.25) is 5.91 Å². The molecule has 0 aromatic heterocycles. The Balaban J connectivity index is 0.00000220. The van der Waals surface area contributed by atoms with Crippen molar-refractivity contribution in [2.24, 2.45) is 0 Å². The van der Waals surface area contributed by atoms with Crippen molar-refractivity contribution in [1.29, 1.82) is 0 Å². The van der Waals surface area contributed by atoms with Crippen LogP contribution in [0.4, 0.5) is 8.78 Å². The highest BCUT2D eigenvalue weighted by atomic mass is 35.5. The highest BCUT2D eigenvalue weighted by molar-refractivity contribution is 5.85. The van der Waals surface area contributed by atoms with Crippen molar-refractivity contribution in [2.45, 2.75) is 32.2 Å². The molecular weight excluding hydrogens is 298 g/mol. The van der Waals surface area contributed by atoms with E-state index in [2.05, 4.69) is 5.32 Å². The highest BCUT2D eigenvalue weighted by Crippen LogP contribution is 2.15. The Labute approximate surface area is 130 Å². The molecule has 0 spiro atoms. The van der Waals surface area contributed by atoms with Crippen LogP contribution < -0.4 is 5.32 Å². The van der Waals surface area contributed by atoms with Crippen molar-refractivity contribution in [3.05, 3.63) is 35.4 Å². The maximum atomic E-state index is 13.6. The molecular formula is C15H21ClF2N2O. The molecule has 1 aromatic rings. The summed E-state index contributed by atoms with van der Waals surface area (Å²) >= 11 is 0. The molecule has 21 heavy (non-hydrogen) atoms. The maximum Gasteiger partial charge on any atom is 0.227 e. The van der Waals surface area contributed by atoms with Gasteiger partial charge in [-0.3, -0.25) is 4.79 Å². The molecule has 1 unspecified atom stereocenters. The number of nitrogens with zero attached hydrogens (tertiary/aromatic N) is 1. The molecule has 1 atom stereocenters. The van der Waals surface area contributed by atoms with Gasteiger partial charge in [-0.05, 0) is 31.0 Å². The van der Waals surface area contributed by atoms with E-state index in [0.29, 0.717) is 6.54 Å². The molecule has 1 fully saturated rings. The summed E-state index contributed by atoms with van der Waals surface area (Å²) in [5.41, 5.74) is 0.253. The van der Waals surface area contributed by atoms with Crippen LogP contribution in [0.1, 0.15) is 25.3 Å². The van der Waals surface area contributed by atoms with Gasteiger partial charge in [-0.1, -0.05) is 13.0 Å². The van der Waals surface area contributed by atoms with Crippen LogP contribution in [0.25, 0.3) is 0 Å². The number of carbonyl (C=O) groups is 1. The van der Waals surface area contributed by atoms with Crippen LogP contribution in [0, 0.1) is 11.6 Å². The maximum absolute atomic E-state index is 13.6. The van der Waals surface area contributed by atoms with E-state index in [4.69, 9.17) is 0 Å². The number of hydrogen-bond acceptors (Lipinski definition) is 2. The largest absolute Gasteiger partial charge is 0.338 e. The third-order valence-electron chi connectivity index (χ3n) is 3.62. The smallest absolute Gasteiger partial charge is 0.227 e. The van der Waals surface area contributed by atoms with Crippen LogP contribution in [-0.4, -0.2) is 36.5 Å². The van der Waals surface area contributed by atoms with Gasteiger partial charge in [0.25, 0.3) is 0 Å². The quantitative estimate of drug-likeness (QED) is 0.905. The van der Waals surface area contributed by atoms with Gasteiger partial charge in [-0.25, -0.2) is 8.78 Å². The Morgan fingerprint density at radius 2 is 2.19 bits per heavy atom. The van der Waals surface area contributed by atoms with Crippen LogP contribution in [0.5, 0.6) is 0 Å². The predicted molar refractivity (Wildman–Crippen MR) is 80.6 cm³/mol. The normalized spacial score (nSPS) is 17.4. The lowest BCUT2D eigenvalue weighted by Crippen LogP contribution is -2.42. The topological polar surface area (TPSA) is 32.3 Å². The SMILES string of the molecule is CCCN(C(=O)Cc1ccc(F)cc1F)C1CCNC1.Cl. The molecule has 2 rings (SSSR count). The van der Waals surface area contributed by atoms with Gasteiger partial charge in [-0.15, -0.1) is 12.4 Å². The van der Waals surface area contributed by atoms with Crippen LogP contribution in [0.15, 0.2) is 18.2 Å². The number of hydrogen-bond donors (Lipinski definition) is 1. The molecule has 1 aliphatic rings. The number of amides is 1. The zero-order chi connectivity index (χ0) is 14.5. The fourth-order valence-electron chi connectivity index (χ4n) is 2.59. The van der Waals surface area contributed by atoms with Crippen LogP contribution in [0.2, 0.25) is 0 Å². The van der Waals surface area contributed by atoms with Crippen molar-refractivity contribution in [1.82, 2.24) is 10.2 Å². The number of rotatable bonds is 5. The fraction of sp³-hybridized carbons (Fsp3) is 0.533. The summed E-state index contributed by atoms with van der Waals surface area (Å²) in [7, 11) is 0. The second kappa shape index (κ2) is 8.29. The first kappa shape index (κ1) is 17.9. The van der Waals surface area contributed by atoms with Crippen LogP contribution >= 0.6 is 12.4 Å². The van der Waals surface area contributed by atoms with Gasteiger partial charge in [0.05, 0.1) is 6.42 Å². The molecule has 0 aliphatic carbocycles. The molecule has 0 bridgehead atoms. The summed E-state index contributed by atoms with van der Waals surface area (Å²) in [6, 6.07) is 3.54. The van der Waals surface area contributed by atoms with Gasteiger partial charge in [0.15, 0.2) is 0 Å².